The van der Waals surface area contributed by atoms with Crippen LogP contribution in [0.25, 0.3) is 5.57 Å². The zero-order valence-electron chi connectivity index (χ0n) is 20.0. The number of amides is 1. The van der Waals surface area contributed by atoms with Crippen molar-refractivity contribution in [1.29, 1.82) is 0 Å². The number of hydrogen-bond donors (Lipinski definition) is 0. The van der Waals surface area contributed by atoms with Gasteiger partial charge in [0.2, 0.25) is 0 Å². The van der Waals surface area contributed by atoms with E-state index in [1.807, 2.05) is 19.9 Å². The van der Waals surface area contributed by atoms with Crippen molar-refractivity contribution in [3.63, 3.8) is 0 Å². The Hall–Kier alpha value is -2.17. The van der Waals surface area contributed by atoms with E-state index in [1.54, 1.807) is 25.2 Å². The van der Waals surface area contributed by atoms with Crippen molar-refractivity contribution in [2.75, 3.05) is 33.4 Å². The number of piperidine rings is 1. The predicted molar refractivity (Wildman–Crippen MR) is 123 cm³/mol. The number of ether oxygens (including phenoxy) is 3. The topological polar surface area (TPSA) is 86.8 Å². The van der Waals surface area contributed by atoms with Crippen LogP contribution in [-0.2, 0) is 28.7 Å². The lowest BCUT2D eigenvalue weighted by atomic mass is 9.85. The van der Waals surface area contributed by atoms with E-state index in [0.29, 0.717) is 49.5 Å². The van der Waals surface area contributed by atoms with Gasteiger partial charge in [-0.05, 0) is 63.3 Å². The minimum Gasteiger partial charge on any atom is -0.434 e. The molecule has 1 amide bonds. The van der Waals surface area contributed by atoms with Crippen molar-refractivity contribution in [2.24, 2.45) is 0 Å². The molecule has 3 aliphatic heterocycles. The largest absolute Gasteiger partial charge is 0.513 e. The van der Waals surface area contributed by atoms with E-state index in [9.17, 15) is 9.59 Å². The van der Waals surface area contributed by atoms with Crippen molar-refractivity contribution >= 4 is 29.2 Å². The molecule has 1 unspecified atom stereocenters. The molecule has 10 heteroatoms. The van der Waals surface area contributed by atoms with Crippen molar-refractivity contribution in [2.45, 2.75) is 58.3 Å². The quantitative estimate of drug-likeness (QED) is 0.545. The Morgan fingerprint density at radius 3 is 2.56 bits per heavy atom. The fourth-order valence-electron chi connectivity index (χ4n) is 4.67. The first-order valence-electron chi connectivity index (χ1n) is 11.6. The Morgan fingerprint density at radius 1 is 1.24 bits per heavy atom. The van der Waals surface area contributed by atoms with Gasteiger partial charge >= 0.3 is 6.16 Å². The molecule has 186 valence electrons. The molecule has 2 saturated heterocycles. The monoisotopic (exact) mass is 494 g/mol. The van der Waals surface area contributed by atoms with Gasteiger partial charge in [-0.25, -0.2) is 14.7 Å². The Balaban J connectivity index is 1.85. The summed E-state index contributed by atoms with van der Waals surface area (Å²) in [6.45, 7) is 7.27. The van der Waals surface area contributed by atoms with Crippen LogP contribution in [0.3, 0.4) is 0 Å². The molecule has 0 saturated carbocycles. The summed E-state index contributed by atoms with van der Waals surface area (Å²) >= 11 is 6.63. The van der Waals surface area contributed by atoms with Gasteiger partial charge in [0.25, 0.3) is 5.91 Å². The number of carbonyl (C=O) groups is 2. The molecule has 2 fully saturated rings. The first-order chi connectivity index (χ1) is 16.3. The van der Waals surface area contributed by atoms with Crippen LogP contribution in [0.5, 0.6) is 0 Å². The van der Waals surface area contributed by atoms with Gasteiger partial charge < -0.3 is 19.0 Å². The molecule has 34 heavy (non-hydrogen) atoms. The molecule has 0 aliphatic carbocycles. The second-order valence-corrected chi connectivity index (χ2v) is 9.10. The van der Waals surface area contributed by atoms with E-state index in [2.05, 4.69) is 0 Å². The van der Waals surface area contributed by atoms with Gasteiger partial charge in [0.15, 0.2) is 12.0 Å². The van der Waals surface area contributed by atoms with Crippen LogP contribution in [0.4, 0.5) is 4.79 Å². The molecule has 0 bridgehead atoms. The number of hydrogen-bond acceptors (Lipinski definition) is 8. The van der Waals surface area contributed by atoms with Crippen molar-refractivity contribution in [3.8, 4) is 0 Å². The number of benzene rings is 1. The highest BCUT2D eigenvalue weighted by Crippen LogP contribution is 2.49. The Bertz CT molecular complexity index is 982. The highest BCUT2D eigenvalue weighted by atomic mass is 35.5. The smallest absolute Gasteiger partial charge is 0.434 e. The zero-order valence-corrected chi connectivity index (χ0v) is 20.8. The second-order valence-electron chi connectivity index (χ2n) is 8.70. The van der Waals surface area contributed by atoms with E-state index >= 15 is 0 Å². The summed E-state index contributed by atoms with van der Waals surface area (Å²) < 4.78 is 16.5. The minimum absolute atomic E-state index is 0.139. The molecule has 1 atom stereocenters. The van der Waals surface area contributed by atoms with Gasteiger partial charge in [-0.1, -0.05) is 11.6 Å². The number of hydroxylamine groups is 4. The van der Waals surface area contributed by atoms with Crippen molar-refractivity contribution in [3.05, 3.63) is 39.6 Å². The first kappa shape index (κ1) is 24.9. The fourth-order valence-corrected chi connectivity index (χ4v) is 4.98. The summed E-state index contributed by atoms with van der Waals surface area (Å²) in [5.74, 6) is -0.235. The molecule has 9 nitrogen and oxygen atoms in total. The van der Waals surface area contributed by atoms with Crippen molar-refractivity contribution in [1.82, 2.24) is 10.1 Å². The fraction of sp³-hybridized carbons (Fsp3) is 0.583. The average molecular weight is 495 g/mol. The molecular formula is C24H31ClN2O7. The number of rotatable bonds is 6. The maximum atomic E-state index is 14.0. The summed E-state index contributed by atoms with van der Waals surface area (Å²) in [7, 11) is 1.60. The van der Waals surface area contributed by atoms with Crippen LogP contribution >= 0.6 is 11.6 Å². The lowest BCUT2D eigenvalue weighted by Crippen LogP contribution is -2.56. The Morgan fingerprint density at radius 2 is 1.94 bits per heavy atom. The molecule has 0 radical (unpaired) electrons. The lowest BCUT2D eigenvalue weighted by molar-refractivity contribution is -0.291. The highest BCUT2D eigenvalue weighted by molar-refractivity contribution is 6.35. The summed E-state index contributed by atoms with van der Waals surface area (Å²) in [5, 5.41) is 3.52. The van der Waals surface area contributed by atoms with E-state index in [-0.39, 0.29) is 17.9 Å². The summed E-state index contributed by atoms with van der Waals surface area (Å²) in [5.41, 5.74) is 1.59. The van der Waals surface area contributed by atoms with E-state index in [0.717, 1.165) is 17.5 Å². The van der Waals surface area contributed by atoms with E-state index in [1.165, 1.54) is 5.06 Å². The van der Waals surface area contributed by atoms with E-state index in [4.69, 9.17) is 35.5 Å². The van der Waals surface area contributed by atoms with Gasteiger partial charge in [-0.15, -0.1) is 0 Å². The standard InChI is InChI=1S/C24H31ClN2O7/c1-5-31-23(29)33-21-20(17-13-15(2)16(3)14-18(17)25)22(28)27(34-19-7-6-12-32-19)24(21)8-10-26(30-4)11-9-24/h13-14,19H,5-12H2,1-4H3. The number of halogens is 1. The molecule has 3 aliphatic rings. The van der Waals surface area contributed by atoms with Crippen LogP contribution in [0.2, 0.25) is 5.02 Å². The lowest BCUT2D eigenvalue weighted by Gasteiger charge is -2.43. The third kappa shape index (κ3) is 4.55. The number of aryl methyl sites for hydroxylation is 2. The zero-order chi connectivity index (χ0) is 24.5. The van der Waals surface area contributed by atoms with Gasteiger partial charge in [0.1, 0.15) is 5.54 Å². The minimum atomic E-state index is -1.04. The predicted octanol–water partition coefficient (Wildman–Crippen LogP) is 4.15. The normalized spacial score (nSPS) is 22.7. The van der Waals surface area contributed by atoms with Crippen LogP contribution in [-0.4, -0.2) is 67.4 Å². The first-order valence-corrected chi connectivity index (χ1v) is 12.0. The van der Waals surface area contributed by atoms with Gasteiger partial charge in [0, 0.05) is 30.1 Å². The summed E-state index contributed by atoms with van der Waals surface area (Å²) in [6.07, 6.45) is 0.903. The third-order valence-corrected chi connectivity index (χ3v) is 6.97. The highest BCUT2D eigenvalue weighted by Gasteiger charge is 2.58. The van der Waals surface area contributed by atoms with Gasteiger partial charge in [0.05, 0.1) is 25.9 Å². The summed E-state index contributed by atoms with van der Waals surface area (Å²) in [6, 6.07) is 3.64. The molecule has 0 N–H and O–H groups in total. The second kappa shape index (κ2) is 10.2. The Kier molecular flexibility index (Phi) is 7.49. The Labute approximate surface area is 204 Å². The van der Waals surface area contributed by atoms with E-state index < -0.39 is 23.9 Å². The maximum Gasteiger partial charge on any atom is 0.513 e. The molecule has 3 heterocycles. The van der Waals surface area contributed by atoms with Crippen molar-refractivity contribution < 1.29 is 33.5 Å². The average Bonchev–Trinajstić information content (AvgIpc) is 3.40. The molecule has 1 aromatic rings. The van der Waals surface area contributed by atoms with Crippen LogP contribution in [0.15, 0.2) is 17.9 Å². The van der Waals surface area contributed by atoms with Crippen LogP contribution in [0, 0.1) is 13.8 Å². The van der Waals surface area contributed by atoms with Crippen LogP contribution < -0.4 is 0 Å². The van der Waals surface area contributed by atoms with Crippen LogP contribution in [0.1, 0.15) is 49.3 Å². The number of carbonyl (C=O) groups excluding carboxylic acids is 2. The molecular weight excluding hydrogens is 464 g/mol. The maximum absolute atomic E-state index is 14.0. The van der Waals surface area contributed by atoms with Gasteiger partial charge in [-0.2, -0.15) is 5.06 Å². The third-order valence-electron chi connectivity index (χ3n) is 6.66. The molecule has 1 aromatic carbocycles. The molecule has 4 rings (SSSR count). The van der Waals surface area contributed by atoms with Gasteiger partial charge in [-0.3, -0.25) is 4.79 Å². The summed E-state index contributed by atoms with van der Waals surface area (Å²) in [4.78, 5) is 38.1. The molecule has 0 aromatic heterocycles. The SMILES string of the molecule is CCOC(=O)OC1=C(c2cc(C)c(C)cc2Cl)C(=O)N(OC2CCCO2)C12CCN(OC)CC2. The molecule has 1 spiro atoms. The number of nitrogens with zero attached hydrogens (tertiary/aromatic N) is 2.